The third kappa shape index (κ3) is 4.38. The van der Waals surface area contributed by atoms with Crippen LogP contribution in [-0.4, -0.2) is 24.1 Å². The summed E-state index contributed by atoms with van der Waals surface area (Å²) in [6, 6.07) is 3.23. The van der Waals surface area contributed by atoms with Gasteiger partial charge in [-0.05, 0) is 13.0 Å². The lowest BCUT2D eigenvalue weighted by atomic mass is 10.1. The molecule has 1 rings (SSSR count). The van der Waals surface area contributed by atoms with Crippen LogP contribution in [0.25, 0.3) is 0 Å². The van der Waals surface area contributed by atoms with Crippen molar-refractivity contribution >= 4 is 11.7 Å². The van der Waals surface area contributed by atoms with Crippen molar-refractivity contribution in [2.45, 2.75) is 20.0 Å². The van der Waals surface area contributed by atoms with Crippen molar-refractivity contribution in [1.29, 1.82) is 5.26 Å². The van der Waals surface area contributed by atoms with Crippen LogP contribution in [0.4, 0.5) is 14.5 Å². The van der Waals surface area contributed by atoms with E-state index in [0.717, 1.165) is 6.07 Å². The number of ether oxygens (including phenoxy) is 2. The van der Waals surface area contributed by atoms with Gasteiger partial charge in [0.25, 0.3) is 5.69 Å². The van der Waals surface area contributed by atoms with Crippen LogP contribution in [0.2, 0.25) is 0 Å². The van der Waals surface area contributed by atoms with E-state index in [1.807, 2.05) is 0 Å². The fourth-order valence-electron chi connectivity index (χ4n) is 1.57. The largest absolute Gasteiger partial charge is 0.466 e. The summed E-state index contributed by atoms with van der Waals surface area (Å²) in [5.41, 5.74) is -1.13. The Kier molecular flexibility index (Phi) is 5.54. The minimum atomic E-state index is -3.22. The lowest BCUT2D eigenvalue weighted by Crippen LogP contribution is -2.11. The molecule has 0 heterocycles. The monoisotopic (exact) mass is 300 g/mol. The van der Waals surface area contributed by atoms with Crippen LogP contribution >= 0.6 is 0 Å². The molecular weight excluding hydrogens is 290 g/mol. The first-order valence-electron chi connectivity index (χ1n) is 5.70. The number of nitro groups is 1. The summed E-state index contributed by atoms with van der Waals surface area (Å²) in [6.07, 6.45) is -0.442. The highest BCUT2D eigenvalue weighted by molar-refractivity contribution is 5.74. The molecule has 0 aromatic heterocycles. The van der Waals surface area contributed by atoms with E-state index in [-0.39, 0.29) is 17.7 Å². The molecule has 0 bridgehead atoms. The lowest BCUT2D eigenvalue weighted by molar-refractivity contribution is -0.385. The standard InChI is InChI=1S/C12H10F2N2O5/c1-2-20-11(17)4-7-3-8(6-15)9(16(18)19)5-10(7)21-12(13)14/h3,5,12H,2,4H2,1H3. The molecular formula is C12H10F2N2O5. The summed E-state index contributed by atoms with van der Waals surface area (Å²) in [4.78, 5) is 21.3. The van der Waals surface area contributed by atoms with Gasteiger partial charge in [-0.15, -0.1) is 0 Å². The Bertz CT molecular complexity index is 598. The van der Waals surface area contributed by atoms with E-state index < -0.39 is 35.4 Å². The number of rotatable bonds is 6. The van der Waals surface area contributed by atoms with Crippen molar-refractivity contribution in [3.8, 4) is 11.8 Å². The molecule has 1 aromatic rings. The third-order valence-corrected chi connectivity index (χ3v) is 2.35. The normalized spacial score (nSPS) is 10.0. The predicted molar refractivity (Wildman–Crippen MR) is 64.8 cm³/mol. The van der Waals surface area contributed by atoms with Crippen molar-refractivity contribution < 1.29 is 28.0 Å². The summed E-state index contributed by atoms with van der Waals surface area (Å²) in [5.74, 6) is -1.27. The number of carbonyl (C=O) groups excluding carboxylic acids is 1. The highest BCUT2D eigenvalue weighted by Crippen LogP contribution is 2.30. The maximum atomic E-state index is 12.3. The number of esters is 1. The van der Waals surface area contributed by atoms with Crippen LogP contribution in [0.15, 0.2) is 12.1 Å². The molecule has 0 unspecified atom stereocenters. The number of nitrogens with zero attached hydrogens (tertiary/aromatic N) is 2. The van der Waals surface area contributed by atoms with E-state index >= 15 is 0 Å². The molecule has 21 heavy (non-hydrogen) atoms. The molecule has 0 fully saturated rings. The summed E-state index contributed by atoms with van der Waals surface area (Å²) in [5, 5.41) is 19.6. The van der Waals surface area contributed by atoms with E-state index in [0.29, 0.717) is 6.07 Å². The second-order valence-corrected chi connectivity index (χ2v) is 3.71. The van der Waals surface area contributed by atoms with Gasteiger partial charge < -0.3 is 9.47 Å². The van der Waals surface area contributed by atoms with Crippen molar-refractivity contribution in [2.75, 3.05) is 6.61 Å². The smallest absolute Gasteiger partial charge is 0.387 e. The van der Waals surface area contributed by atoms with E-state index in [2.05, 4.69) is 9.47 Å². The molecule has 0 radical (unpaired) electrons. The Labute approximate surface area is 117 Å². The zero-order chi connectivity index (χ0) is 16.0. The summed E-state index contributed by atoms with van der Waals surface area (Å²) >= 11 is 0. The molecule has 0 atom stereocenters. The number of benzene rings is 1. The van der Waals surface area contributed by atoms with Gasteiger partial charge in [-0.2, -0.15) is 14.0 Å². The van der Waals surface area contributed by atoms with Gasteiger partial charge in [0.1, 0.15) is 17.4 Å². The highest BCUT2D eigenvalue weighted by atomic mass is 19.3. The lowest BCUT2D eigenvalue weighted by Gasteiger charge is -2.11. The maximum Gasteiger partial charge on any atom is 0.387 e. The van der Waals surface area contributed by atoms with Gasteiger partial charge in [-0.1, -0.05) is 0 Å². The number of hydrogen-bond acceptors (Lipinski definition) is 6. The zero-order valence-corrected chi connectivity index (χ0v) is 10.8. The molecule has 0 amide bonds. The van der Waals surface area contributed by atoms with Crippen molar-refractivity contribution in [2.24, 2.45) is 0 Å². The summed E-state index contributed by atoms with van der Waals surface area (Å²) < 4.78 is 33.5. The Hall–Kier alpha value is -2.76. The molecule has 0 spiro atoms. The molecule has 0 saturated carbocycles. The van der Waals surface area contributed by atoms with E-state index in [9.17, 15) is 23.7 Å². The van der Waals surface area contributed by atoms with Crippen LogP contribution in [0, 0.1) is 21.4 Å². The Morgan fingerprint density at radius 1 is 1.52 bits per heavy atom. The minimum absolute atomic E-state index is 0.0853. The Morgan fingerprint density at radius 2 is 2.19 bits per heavy atom. The fraction of sp³-hybridized carbons (Fsp3) is 0.333. The molecule has 0 saturated heterocycles. The van der Waals surface area contributed by atoms with Gasteiger partial charge in [0.2, 0.25) is 0 Å². The summed E-state index contributed by atoms with van der Waals surface area (Å²) in [7, 11) is 0. The number of carbonyl (C=O) groups is 1. The number of hydrogen-bond donors (Lipinski definition) is 0. The second-order valence-electron chi connectivity index (χ2n) is 3.71. The first-order valence-corrected chi connectivity index (χ1v) is 5.70. The van der Waals surface area contributed by atoms with Gasteiger partial charge in [0.15, 0.2) is 0 Å². The number of nitriles is 1. The van der Waals surface area contributed by atoms with Crippen LogP contribution in [0.1, 0.15) is 18.1 Å². The van der Waals surface area contributed by atoms with Crippen molar-refractivity contribution in [3.63, 3.8) is 0 Å². The van der Waals surface area contributed by atoms with Crippen LogP contribution in [0.3, 0.4) is 0 Å². The average Bonchev–Trinajstić information content (AvgIpc) is 2.39. The van der Waals surface area contributed by atoms with Crippen LogP contribution < -0.4 is 4.74 Å². The second kappa shape index (κ2) is 7.14. The molecule has 9 heteroatoms. The molecule has 0 aliphatic carbocycles. The minimum Gasteiger partial charge on any atom is -0.466 e. The van der Waals surface area contributed by atoms with Crippen molar-refractivity contribution in [1.82, 2.24) is 0 Å². The number of alkyl halides is 2. The first-order chi connectivity index (χ1) is 9.88. The molecule has 0 aliphatic rings. The van der Waals surface area contributed by atoms with Gasteiger partial charge in [-0.3, -0.25) is 14.9 Å². The predicted octanol–water partition coefficient (Wildman–Crippen LogP) is 2.17. The van der Waals surface area contributed by atoms with Gasteiger partial charge in [-0.25, -0.2) is 0 Å². The van der Waals surface area contributed by atoms with Crippen molar-refractivity contribution in [3.05, 3.63) is 33.4 Å². The van der Waals surface area contributed by atoms with Crippen LogP contribution in [0.5, 0.6) is 5.75 Å². The summed E-state index contributed by atoms with van der Waals surface area (Å²) in [6.45, 7) is -1.58. The molecule has 0 aliphatic heterocycles. The molecule has 7 nitrogen and oxygen atoms in total. The van der Waals surface area contributed by atoms with Gasteiger partial charge in [0.05, 0.1) is 24.0 Å². The van der Waals surface area contributed by atoms with Crippen LogP contribution in [-0.2, 0) is 16.0 Å². The van der Waals surface area contributed by atoms with E-state index in [1.54, 1.807) is 13.0 Å². The SMILES string of the molecule is CCOC(=O)Cc1cc(C#N)c([N+](=O)[O-])cc1OC(F)F. The topological polar surface area (TPSA) is 102 Å². The number of nitro benzene ring substituents is 1. The average molecular weight is 300 g/mol. The van der Waals surface area contributed by atoms with Gasteiger partial charge in [0, 0.05) is 5.56 Å². The Morgan fingerprint density at radius 3 is 2.67 bits per heavy atom. The maximum absolute atomic E-state index is 12.3. The highest BCUT2D eigenvalue weighted by Gasteiger charge is 2.22. The zero-order valence-electron chi connectivity index (χ0n) is 10.8. The molecule has 112 valence electrons. The van der Waals surface area contributed by atoms with Gasteiger partial charge >= 0.3 is 12.6 Å². The Balaban J connectivity index is 3.28. The fourth-order valence-corrected chi connectivity index (χ4v) is 1.57. The quantitative estimate of drug-likeness (QED) is 0.453. The first kappa shape index (κ1) is 16.3. The van der Waals surface area contributed by atoms with E-state index in [1.165, 1.54) is 0 Å². The molecule has 0 N–H and O–H groups in total. The third-order valence-electron chi connectivity index (χ3n) is 2.35. The van der Waals surface area contributed by atoms with E-state index in [4.69, 9.17) is 5.26 Å². The molecule has 1 aromatic carbocycles. The number of halogens is 2.